The van der Waals surface area contributed by atoms with Crippen molar-refractivity contribution in [3.05, 3.63) is 135 Å². The molecule has 0 aliphatic rings. The number of para-hydroxylation sites is 1. The SMILES string of the molecule is O=C(CF)Oc1c(C(CC(OC(=O)CF)c2ccc(-c3ccc(Br)cc3)cc2)c2ccccc2)c(=O)oc2ccccc12. The molecular formula is C34H25BrF2O6. The first-order chi connectivity index (χ1) is 20.9. The minimum atomic E-state index is -1.41. The van der Waals surface area contributed by atoms with Crippen LogP contribution in [0.25, 0.3) is 22.1 Å². The summed E-state index contributed by atoms with van der Waals surface area (Å²) in [6.07, 6.45) is -1.06. The smallest absolute Gasteiger partial charge is 0.343 e. The van der Waals surface area contributed by atoms with Gasteiger partial charge in [-0.05, 0) is 52.9 Å². The molecule has 1 heterocycles. The van der Waals surface area contributed by atoms with Crippen molar-refractivity contribution in [3.63, 3.8) is 0 Å². The maximum absolute atomic E-state index is 13.5. The lowest BCUT2D eigenvalue weighted by Gasteiger charge is -2.25. The molecule has 0 saturated carbocycles. The molecule has 0 saturated heterocycles. The first-order valence-electron chi connectivity index (χ1n) is 13.4. The third kappa shape index (κ3) is 6.89. The lowest BCUT2D eigenvalue weighted by atomic mass is 9.84. The summed E-state index contributed by atoms with van der Waals surface area (Å²) in [5, 5.41) is 0.288. The molecule has 0 N–H and O–H groups in total. The Balaban J connectivity index is 1.63. The van der Waals surface area contributed by atoms with Crippen LogP contribution < -0.4 is 10.4 Å². The van der Waals surface area contributed by atoms with Crippen molar-refractivity contribution in [1.82, 2.24) is 0 Å². The molecule has 218 valence electrons. The summed E-state index contributed by atoms with van der Waals surface area (Å²) in [7, 11) is 0. The van der Waals surface area contributed by atoms with Gasteiger partial charge in [-0.3, -0.25) is 0 Å². The number of alkyl halides is 2. The topological polar surface area (TPSA) is 82.8 Å². The Morgan fingerprint density at radius 2 is 1.35 bits per heavy atom. The number of carbonyl (C=O) groups excluding carboxylic acids is 2. The van der Waals surface area contributed by atoms with E-state index in [9.17, 15) is 23.2 Å². The summed E-state index contributed by atoms with van der Waals surface area (Å²) in [6, 6.07) is 30.2. The summed E-state index contributed by atoms with van der Waals surface area (Å²) in [5.41, 5.74) is 2.30. The fraction of sp³-hybridized carbons (Fsp3) is 0.147. The number of hydrogen-bond donors (Lipinski definition) is 0. The quantitative estimate of drug-likeness (QED) is 0.113. The first kappa shape index (κ1) is 29.8. The van der Waals surface area contributed by atoms with Crippen molar-refractivity contribution in [3.8, 4) is 16.9 Å². The molecule has 0 amide bonds. The highest BCUT2D eigenvalue weighted by Gasteiger charge is 2.31. The summed E-state index contributed by atoms with van der Waals surface area (Å²) >= 11 is 3.43. The second kappa shape index (κ2) is 13.6. The number of rotatable bonds is 10. The van der Waals surface area contributed by atoms with Crippen molar-refractivity contribution in [2.24, 2.45) is 0 Å². The normalized spacial score (nSPS) is 12.4. The highest BCUT2D eigenvalue weighted by molar-refractivity contribution is 9.10. The second-order valence-corrected chi connectivity index (χ2v) is 10.6. The van der Waals surface area contributed by atoms with Crippen molar-refractivity contribution in [1.29, 1.82) is 0 Å². The number of ether oxygens (including phenoxy) is 2. The van der Waals surface area contributed by atoms with Crippen LogP contribution in [0.1, 0.15) is 35.1 Å². The molecule has 0 aliphatic heterocycles. The van der Waals surface area contributed by atoms with Crippen molar-refractivity contribution < 1.29 is 32.3 Å². The van der Waals surface area contributed by atoms with Crippen LogP contribution in [0, 0.1) is 0 Å². The third-order valence-electron chi connectivity index (χ3n) is 6.97. The van der Waals surface area contributed by atoms with Crippen LogP contribution in [0.4, 0.5) is 8.78 Å². The van der Waals surface area contributed by atoms with Gasteiger partial charge in [0.25, 0.3) is 0 Å². The van der Waals surface area contributed by atoms with Gasteiger partial charge in [-0.15, -0.1) is 0 Å². The van der Waals surface area contributed by atoms with Crippen molar-refractivity contribution in [2.75, 3.05) is 13.3 Å². The van der Waals surface area contributed by atoms with Gasteiger partial charge in [0, 0.05) is 10.4 Å². The van der Waals surface area contributed by atoms with E-state index in [4.69, 9.17) is 13.9 Å². The molecule has 9 heteroatoms. The molecule has 0 bridgehead atoms. The van der Waals surface area contributed by atoms with E-state index in [1.165, 1.54) is 6.07 Å². The van der Waals surface area contributed by atoms with Gasteiger partial charge in [-0.1, -0.05) is 94.8 Å². The molecule has 0 radical (unpaired) electrons. The Morgan fingerprint density at radius 3 is 2.00 bits per heavy atom. The molecule has 0 aliphatic carbocycles. The zero-order valence-corrected chi connectivity index (χ0v) is 24.3. The number of esters is 2. The van der Waals surface area contributed by atoms with Gasteiger partial charge in [-0.2, -0.15) is 0 Å². The summed E-state index contributed by atoms with van der Waals surface area (Å²) in [4.78, 5) is 38.0. The van der Waals surface area contributed by atoms with Gasteiger partial charge in [0.1, 0.15) is 11.7 Å². The van der Waals surface area contributed by atoms with Crippen LogP contribution in [0.3, 0.4) is 0 Å². The van der Waals surface area contributed by atoms with E-state index in [2.05, 4.69) is 15.9 Å². The van der Waals surface area contributed by atoms with Crippen LogP contribution in [-0.2, 0) is 14.3 Å². The summed E-state index contributed by atoms with van der Waals surface area (Å²) in [5.74, 6) is -3.28. The Hall–Kier alpha value is -4.63. The van der Waals surface area contributed by atoms with E-state index in [0.29, 0.717) is 11.1 Å². The van der Waals surface area contributed by atoms with Gasteiger partial charge in [0.2, 0.25) is 0 Å². The number of fused-ring (bicyclic) bond motifs is 1. The molecule has 5 aromatic rings. The fourth-order valence-corrected chi connectivity index (χ4v) is 5.25. The highest BCUT2D eigenvalue weighted by atomic mass is 79.9. The van der Waals surface area contributed by atoms with E-state index in [1.807, 2.05) is 36.4 Å². The van der Waals surface area contributed by atoms with E-state index >= 15 is 0 Å². The molecule has 2 atom stereocenters. The van der Waals surface area contributed by atoms with Crippen molar-refractivity contribution in [2.45, 2.75) is 18.4 Å². The Bertz CT molecular complexity index is 1790. The lowest BCUT2D eigenvalue weighted by Crippen LogP contribution is -2.22. The minimum absolute atomic E-state index is 0.0450. The number of hydrogen-bond acceptors (Lipinski definition) is 6. The minimum Gasteiger partial charge on any atom is -0.456 e. The van der Waals surface area contributed by atoms with Gasteiger partial charge >= 0.3 is 17.6 Å². The van der Waals surface area contributed by atoms with E-state index in [-0.39, 0.29) is 28.7 Å². The monoisotopic (exact) mass is 646 g/mol. The predicted molar refractivity (Wildman–Crippen MR) is 161 cm³/mol. The average Bonchev–Trinajstić information content (AvgIpc) is 3.04. The molecule has 1 aromatic heterocycles. The standard InChI is InChI=1S/C34H25BrF2O6/c35-25-16-14-22(15-17-25)21-10-12-24(13-11-21)29(41-30(38)19-36)18-27(23-6-2-1-3-7-23)32-33(43-31(39)20-37)26-8-4-5-9-28(26)42-34(32)40/h1-17,27,29H,18-20H2. The Morgan fingerprint density at radius 1 is 0.744 bits per heavy atom. The Kier molecular flexibility index (Phi) is 9.41. The largest absolute Gasteiger partial charge is 0.456 e. The molecule has 0 spiro atoms. The maximum atomic E-state index is 13.5. The predicted octanol–water partition coefficient (Wildman–Crippen LogP) is 7.87. The number of halogens is 3. The molecule has 2 unspecified atom stereocenters. The zero-order valence-electron chi connectivity index (χ0n) is 22.7. The van der Waals surface area contributed by atoms with Gasteiger partial charge in [0.05, 0.1) is 10.9 Å². The van der Waals surface area contributed by atoms with Crippen molar-refractivity contribution >= 4 is 38.8 Å². The molecular weight excluding hydrogens is 622 g/mol. The molecule has 0 fully saturated rings. The van der Waals surface area contributed by atoms with Gasteiger partial charge in [-0.25, -0.2) is 23.2 Å². The summed E-state index contributed by atoms with van der Waals surface area (Å²) in [6.45, 7) is -2.76. The second-order valence-electron chi connectivity index (χ2n) is 9.68. The Labute approximate surface area is 254 Å². The molecule has 5 rings (SSSR count). The molecule has 6 nitrogen and oxygen atoms in total. The van der Waals surface area contributed by atoms with Crippen LogP contribution in [0.5, 0.6) is 5.75 Å². The van der Waals surface area contributed by atoms with Crippen LogP contribution in [0.15, 0.2) is 117 Å². The van der Waals surface area contributed by atoms with Gasteiger partial charge < -0.3 is 13.9 Å². The van der Waals surface area contributed by atoms with Gasteiger partial charge in [0.15, 0.2) is 19.1 Å². The first-order valence-corrected chi connectivity index (χ1v) is 14.2. The molecule has 43 heavy (non-hydrogen) atoms. The van der Waals surface area contributed by atoms with E-state index in [1.54, 1.807) is 60.7 Å². The fourth-order valence-electron chi connectivity index (χ4n) is 4.98. The zero-order chi connectivity index (χ0) is 30.3. The maximum Gasteiger partial charge on any atom is 0.343 e. The number of carbonyl (C=O) groups is 2. The van der Waals surface area contributed by atoms with E-state index < -0.39 is 42.9 Å². The van der Waals surface area contributed by atoms with Crippen LogP contribution in [0.2, 0.25) is 0 Å². The van der Waals surface area contributed by atoms with E-state index in [0.717, 1.165) is 15.6 Å². The molecule has 4 aromatic carbocycles. The van der Waals surface area contributed by atoms with Crippen LogP contribution >= 0.6 is 15.9 Å². The third-order valence-corrected chi connectivity index (χ3v) is 7.50. The summed E-state index contributed by atoms with van der Waals surface area (Å²) < 4.78 is 44.3. The number of benzene rings is 4. The van der Waals surface area contributed by atoms with Crippen LogP contribution in [-0.4, -0.2) is 25.3 Å². The highest BCUT2D eigenvalue weighted by Crippen LogP contribution is 2.41. The average molecular weight is 647 g/mol. The lowest BCUT2D eigenvalue weighted by molar-refractivity contribution is -0.151.